The summed E-state index contributed by atoms with van der Waals surface area (Å²) in [6.07, 6.45) is -2.83. The number of ether oxygens (including phenoxy) is 1. The molecule has 0 atom stereocenters. The van der Waals surface area contributed by atoms with E-state index in [1.54, 1.807) is 28.8 Å². The molecule has 1 aromatic heterocycles. The zero-order valence-corrected chi connectivity index (χ0v) is 19.1. The monoisotopic (exact) mass is 496 g/mol. The molecule has 1 amide bonds. The number of allylic oxidation sites excluding steroid dienone is 1. The molecule has 3 rings (SSSR count). The Hall–Kier alpha value is -2.98. The largest absolute Gasteiger partial charge is 0.485 e. The van der Waals surface area contributed by atoms with Gasteiger partial charge in [-0.3, -0.25) is 9.36 Å². The van der Waals surface area contributed by atoms with Crippen LogP contribution in [0.4, 0.5) is 18.9 Å². The lowest BCUT2D eigenvalue weighted by atomic mass is 10.2. The van der Waals surface area contributed by atoms with Crippen molar-refractivity contribution in [1.82, 2.24) is 14.8 Å². The number of alkyl halides is 3. The average molecular weight is 497 g/mol. The number of carbonyl (C=O) groups is 1. The molecule has 0 bridgehead atoms. The van der Waals surface area contributed by atoms with E-state index in [0.29, 0.717) is 28.3 Å². The Morgan fingerprint density at radius 1 is 1.27 bits per heavy atom. The van der Waals surface area contributed by atoms with Gasteiger partial charge in [-0.1, -0.05) is 35.5 Å². The van der Waals surface area contributed by atoms with Gasteiger partial charge in [0, 0.05) is 17.3 Å². The maximum Gasteiger partial charge on any atom is 0.416 e. The van der Waals surface area contributed by atoms with E-state index in [1.807, 2.05) is 6.92 Å². The summed E-state index contributed by atoms with van der Waals surface area (Å²) in [6.45, 7) is 6.13. The fraction of sp³-hybridized carbons (Fsp3) is 0.227. The SMILES string of the molecule is C=CCn1c(COc2ccc(Cl)cc2C)nnc1SCC(=O)Nc1cccc(C(F)(F)F)c1. The standard InChI is InChI=1S/C22H20ClF3N4O2S/c1-3-9-30-19(12-32-18-8-7-16(23)10-14(18)2)28-29-21(30)33-13-20(31)27-17-6-4-5-15(11-17)22(24,25)26/h3-8,10-11H,1,9,12-13H2,2H3,(H,27,31). The van der Waals surface area contributed by atoms with Crippen molar-refractivity contribution in [3.05, 3.63) is 77.1 Å². The normalized spacial score (nSPS) is 11.3. The smallest absolute Gasteiger partial charge is 0.416 e. The predicted octanol–water partition coefficient (Wildman–Crippen LogP) is 5.75. The summed E-state index contributed by atoms with van der Waals surface area (Å²) < 4.78 is 46.1. The lowest BCUT2D eigenvalue weighted by Gasteiger charge is -2.11. The Morgan fingerprint density at radius 2 is 2.06 bits per heavy atom. The zero-order valence-electron chi connectivity index (χ0n) is 17.5. The van der Waals surface area contributed by atoms with Crippen molar-refractivity contribution in [2.24, 2.45) is 0 Å². The van der Waals surface area contributed by atoms with Crippen LogP contribution in [0.1, 0.15) is 17.0 Å². The van der Waals surface area contributed by atoms with E-state index in [-0.39, 0.29) is 18.0 Å². The lowest BCUT2D eigenvalue weighted by Crippen LogP contribution is -2.15. The van der Waals surface area contributed by atoms with Gasteiger partial charge >= 0.3 is 6.18 Å². The first-order chi connectivity index (χ1) is 15.7. The first-order valence-electron chi connectivity index (χ1n) is 9.69. The average Bonchev–Trinajstić information content (AvgIpc) is 3.13. The molecule has 0 saturated carbocycles. The Bertz CT molecular complexity index is 1150. The molecular formula is C22H20ClF3N4O2S. The molecule has 1 heterocycles. The second kappa shape index (κ2) is 10.8. The molecule has 2 aromatic carbocycles. The van der Waals surface area contributed by atoms with E-state index >= 15 is 0 Å². The summed E-state index contributed by atoms with van der Waals surface area (Å²) in [6, 6.07) is 9.74. The molecule has 0 aliphatic rings. The molecule has 0 fully saturated rings. The number of carbonyl (C=O) groups excluding carboxylic acids is 1. The third-order valence-electron chi connectivity index (χ3n) is 4.40. The minimum atomic E-state index is -4.49. The summed E-state index contributed by atoms with van der Waals surface area (Å²) in [4.78, 5) is 12.3. The Morgan fingerprint density at radius 3 is 2.76 bits per heavy atom. The molecule has 3 aromatic rings. The van der Waals surface area contributed by atoms with Crippen LogP contribution in [0.5, 0.6) is 5.75 Å². The number of hydrogen-bond acceptors (Lipinski definition) is 5. The number of thioether (sulfide) groups is 1. The second-order valence-electron chi connectivity index (χ2n) is 6.91. The molecule has 0 radical (unpaired) electrons. The molecule has 0 aliphatic heterocycles. The second-order valence-corrected chi connectivity index (χ2v) is 8.29. The highest BCUT2D eigenvalue weighted by Crippen LogP contribution is 2.31. The van der Waals surface area contributed by atoms with E-state index in [0.717, 1.165) is 29.5 Å². The van der Waals surface area contributed by atoms with Gasteiger partial charge in [0.1, 0.15) is 12.4 Å². The molecule has 6 nitrogen and oxygen atoms in total. The van der Waals surface area contributed by atoms with Crippen molar-refractivity contribution in [1.29, 1.82) is 0 Å². The van der Waals surface area contributed by atoms with Crippen molar-refractivity contribution >= 4 is 35.0 Å². The maximum atomic E-state index is 12.8. The fourth-order valence-corrected chi connectivity index (χ4v) is 3.86. The molecule has 33 heavy (non-hydrogen) atoms. The highest BCUT2D eigenvalue weighted by Gasteiger charge is 2.30. The molecule has 11 heteroatoms. The summed E-state index contributed by atoms with van der Waals surface area (Å²) in [5, 5.41) is 11.8. The lowest BCUT2D eigenvalue weighted by molar-refractivity contribution is -0.137. The van der Waals surface area contributed by atoms with Crippen LogP contribution in [0.25, 0.3) is 0 Å². The highest BCUT2D eigenvalue weighted by atomic mass is 35.5. The van der Waals surface area contributed by atoms with Gasteiger partial charge in [-0.05, 0) is 48.9 Å². The van der Waals surface area contributed by atoms with E-state index < -0.39 is 17.6 Å². The number of nitrogens with zero attached hydrogens (tertiary/aromatic N) is 3. The Labute approximate surface area is 197 Å². The number of anilines is 1. The van der Waals surface area contributed by atoms with Gasteiger partial charge in [0.25, 0.3) is 0 Å². The van der Waals surface area contributed by atoms with Crippen LogP contribution in [0.2, 0.25) is 5.02 Å². The number of amides is 1. The summed E-state index contributed by atoms with van der Waals surface area (Å²) in [7, 11) is 0. The number of hydrogen-bond donors (Lipinski definition) is 1. The van der Waals surface area contributed by atoms with Gasteiger partial charge < -0.3 is 10.1 Å². The van der Waals surface area contributed by atoms with E-state index in [9.17, 15) is 18.0 Å². The minimum Gasteiger partial charge on any atom is -0.485 e. The Balaban J connectivity index is 1.63. The van der Waals surface area contributed by atoms with Gasteiger partial charge in [0.05, 0.1) is 11.3 Å². The third-order valence-corrected chi connectivity index (χ3v) is 5.61. The van der Waals surface area contributed by atoms with Gasteiger partial charge in [0.15, 0.2) is 11.0 Å². The van der Waals surface area contributed by atoms with Crippen LogP contribution in [-0.4, -0.2) is 26.4 Å². The van der Waals surface area contributed by atoms with Crippen LogP contribution in [0, 0.1) is 6.92 Å². The highest BCUT2D eigenvalue weighted by molar-refractivity contribution is 7.99. The summed E-state index contributed by atoms with van der Waals surface area (Å²) in [5.74, 6) is 0.650. The first kappa shape index (κ1) is 24.7. The number of rotatable bonds is 9. The van der Waals surface area contributed by atoms with Gasteiger partial charge in [-0.2, -0.15) is 13.2 Å². The summed E-state index contributed by atoms with van der Waals surface area (Å²) >= 11 is 7.07. The minimum absolute atomic E-state index is 0.0652. The molecule has 0 unspecified atom stereocenters. The third kappa shape index (κ3) is 6.75. The van der Waals surface area contributed by atoms with Crippen molar-refractivity contribution in [3.8, 4) is 5.75 Å². The van der Waals surface area contributed by atoms with Gasteiger partial charge in [0.2, 0.25) is 5.91 Å². The molecule has 0 spiro atoms. The molecule has 0 saturated heterocycles. The van der Waals surface area contributed by atoms with Crippen LogP contribution >= 0.6 is 23.4 Å². The zero-order chi connectivity index (χ0) is 24.0. The quantitative estimate of drug-likeness (QED) is 0.301. The topological polar surface area (TPSA) is 69.0 Å². The molecule has 0 aliphatic carbocycles. The van der Waals surface area contributed by atoms with Crippen LogP contribution in [0.3, 0.4) is 0 Å². The maximum absolute atomic E-state index is 12.8. The number of aryl methyl sites for hydroxylation is 1. The van der Waals surface area contributed by atoms with Crippen molar-refractivity contribution in [2.75, 3.05) is 11.1 Å². The van der Waals surface area contributed by atoms with E-state index in [2.05, 4.69) is 22.1 Å². The van der Waals surface area contributed by atoms with E-state index in [4.69, 9.17) is 16.3 Å². The summed E-state index contributed by atoms with van der Waals surface area (Å²) in [5.41, 5.74) is 0.104. The van der Waals surface area contributed by atoms with Crippen molar-refractivity contribution < 1.29 is 22.7 Å². The number of halogens is 4. The number of benzene rings is 2. The van der Waals surface area contributed by atoms with E-state index in [1.165, 1.54) is 12.1 Å². The number of nitrogens with one attached hydrogen (secondary N) is 1. The van der Waals surface area contributed by atoms with Gasteiger partial charge in [-0.15, -0.1) is 16.8 Å². The molecular weight excluding hydrogens is 477 g/mol. The van der Waals surface area contributed by atoms with Crippen LogP contribution < -0.4 is 10.1 Å². The van der Waals surface area contributed by atoms with Crippen LogP contribution in [-0.2, 0) is 24.1 Å². The van der Waals surface area contributed by atoms with Crippen molar-refractivity contribution in [3.63, 3.8) is 0 Å². The number of aromatic nitrogens is 3. The first-order valence-corrected chi connectivity index (χ1v) is 11.1. The van der Waals surface area contributed by atoms with Gasteiger partial charge in [-0.25, -0.2) is 0 Å². The van der Waals surface area contributed by atoms with Crippen molar-refractivity contribution in [2.45, 2.75) is 31.4 Å². The molecule has 1 N–H and O–H groups in total. The molecule has 174 valence electrons. The Kier molecular flexibility index (Phi) is 8.04. The fourth-order valence-electron chi connectivity index (χ4n) is 2.86. The predicted molar refractivity (Wildman–Crippen MR) is 122 cm³/mol. The van der Waals surface area contributed by atoms with Crippen LogP contribution in [0.15, 0.2) is 60.3 Å².